The third-order valence-corrected chi connectivity index (χ3v) is 11.2. The van der Waals surface area contributed by atoms with Crippen LogP contribution in [0.2, 0.25) is 0 Å². The van der Waals surface area contributed by atoms with Crippen LogP contribution in [-0.2, 0) is 0 Å². The van der Waals surface area contributed by atoms with Crippen LogP contribution >= 0.6 is 7.26 Å². The second-order valence-electron chi connectivity index (χ2n) is 9.27. The van der Waals surface area contributed by atoms with E-state index in [-0.39, 0.29) is 0 Å². The zero-order chi connectivity index (χ0) is 20.8. The third kappa shape index (κ3) is 3.57. The van der Waals surface area contributed by atoms with Gasteiger partial charge in [-0.2, -0.15) is 5.10 Å². The van der Waals surface area contributed by atoms with Crippen molar-refractivity contribution in [3.63, 3.8) is 0 Å². The van der Waals surface area contributed by atoms with Gasteiger partial charge >= 0.3 is 0 Å². The van der Waals surface area contributed by atoms with Gasteiger partial charge in [0.2, 0.25) is 0 Å². The van der Waals surface area contributed by atoms with Gasteiger partial charge < -0.3 is 0 Å². The predicted molar refractivity (Wildman–Crippen MR) is 128 cm³/mol. The fourth-order valence-electron chi connectivity index (χ4n) is 5.01. The number of aromatic nitrogens is 2. The highest BCUT2D eigenvalue weighted by atomic mass is 31.2. The Labute approximate surface area is 176 Å². The Bertz CT molecular complexity index is 935. The molecule has 0 bridgehead atoms. The van der Waals surface area contributed by atoms with E-state index in [4.69, 9.17) is 5.10 Å². The summed E-state index contributed by atoms with van der Waals surface area (Å²) in [5.74, 6) is 0. The van der Waals surface area contributed by atoms with Gasteiger partial charge in [0.25, 0.3) is 0 Å². The molecular formula is C26H34N2P+. The first-order valence-electron chi connectivity index (χ1n) is 10.9. The molecule has 0 aliphatic heterocycles. The molecule has 1 heterocycles. The van der Waals surface area contributed by atoms with Crippen molar-refractivity contribution < 1.29 is 0 Å². The zero-order valence-corrected chi connectivity index (χ0v) is 19.6. The lowest BCUT2D eigenvalue weighted by Crippen LogP contribution is -2.37. The average Bonchev–Trinajstić information content (AvgIpc) is 3.01. The Kier molecular flexibility index (Phi) is 5.42. The minimum Gasteiger partial charge on any atom is -0.266 e. The van der Waals surface area contributed by atoms with Crippen LogP contribution in [0.1, 0.15) is 61.4 Å². The lowest BCUT2D eigenvalue weighted by molar-refractivity contribution is 0.289. The standard InChI is InChI=1S/C26H34N2P/c1-18(2)29(24-12-19(3)10-20(4)13-24,25-14-21(5)11-22(6)15-25)26-16-27-28(17-26)23-8-7-9-23/h10-18,23H,7-9H2,1-6H3/q+1. The largest absolute Gasteiger partial charge is 0.266 e. The first-order chi connectivity index (χ1) is 13.8. The summed E-state index contributed by atoms with van der Waals surface area (Å²) in [5, 5.41) is 9.28. The van der Waals surface area contributed by atoms with Crippen molar-refractivity contribution in [1.29, 1.82) is 0 Å². The first kappa shape index (κ1) is 20.4. The van der Waals surface area contributed by atoms with Crippen LogP contribution in [0, 0.1) is 27.7 Å². The zero-order valence-electron chi connectivity index (χ0n) is 18.7. The van der Waals surface area contributed by atoms with Crippen LogP contribution in [0.4, 0.5) is 0 Å². The molecule has 2 nitrogen and oxygen atoms in total. The topological polar surface area (TPSA) is 17.8 Å². The van der Waals surface area contributed by atoms with Crippen molar-refractivity contribution in [3.8, 4) is 0 Å². The average molecular weight is 406 g/mol. The number of hydrogen-bond acceptors (Lipinski definition) is 1. The van der Waals surface area contributed by atoms with Crippen molar-refractivity contribution in [2.75, 3.05) is 0 Å². The Morgan fingerprint density at radius 2 is 1.28 bits per heavy atom. The highest BCUT2D eigenvalue weighted by Crippen LogP contribution is 2.60. The summed E-state index contributed by atoms with van der Waals surface area (Å²) in [5.41, 5.74) is 5.90. The molecule has 3 aromatic rings. The molecule has 1 aliphatic rings. The van der Waals surface area contributed by atoms with Gasteiger partial charge in [0.1, 0.15) is 23.2 Å². The minimum atomic E-state index is -1.82. The van der Waals surface area contributed by atoms with Crippen LogP contribution in [-0.4, -0.2) is 15.4 Å². The normalized spacial score (nSPS) is 15.0. The van der Waals surface area contributed by atoms with E-state index in [2.05, 4.69) is 95.0 Å². The van der Waals surface area contributed by atoms with Gasteiger partial charge in [-0.05, 0) is 107 Å². The van der Waals surface area contributed by atoms with Crippen LogP contribution in [0.25, 0.3) is 0 Å². The third-order valence-electron chi connectivity index (χ3n) is 6.45. The number of nitrogens with zero attached hydrogens (tertiary/aromatic N) is 2. The number of hydrogen-bond donors (Lipinski definition) is 0. The molecule has 0 atom stereocenters. The van der Waals surface area contributed by atoms with E-state index in [1.807, 2.05) is 0 Å². The van der Waals surface area contributed by atoms with Crippen LogP contribution in [0.3, 0.4) is 0 Å². The summed E-state index contributed by atoms with van der Waals surface area (Å²) in [4.78, 5) is 0. The Morgan fingerprint density at radius 3 is 1.66 bits per heavy atom. The maximum atomic E-state index is 4.87. The maximum absolute atomic E-state index is 4.87. The molecule has 29 heavy (non-hydrogen) atoms. The fraction of sp³-hybridized carbons (Fsp3) is 0.423. The quantitative estimate of drug-likeness (QED) is 0.509. The summed E-state index contributed by atoms with van der Waals surface area (Å²) < 4.78 is 2.25. The molecule has 0 unspecified atom stereocenters. The molecule has 0 amide bonds. The van der Waals surface area contributed by atoms with E-state index < -0.39 is 7.26 Å². The molecule has 3 heteroatoms. The van der Waals surface area contributed by atoms with Gasteiger partial charge in [-0.15, -0.1) is 0 Å². The van der Waals surface area contributed by atoms with Crippen molar-refractivity contribution >= 4 is 23.2 Å². The van der Waals surface area contributed by atoms with Gasteiger partial charge in [0.15, 0.2) is 0 Å². The van der Waals surface area contributed by atoms with Crippen LogP contribution in [0.5, 0.6) is 0 Å². The van der Waals surface area contributed by atoms with Crippen molar-refractivity contribution in [3.05, 3.63) is 71.0 Å². The van der Waals surface area contributed by atoms with Crippen molar-refractivity contribution in [2.45, 2.75) is 72.5 Å². The first-order valence-corrected chi connectivity index (χ1v) is 12.8. The second-order valence-corrected chi connectivity index (χ2v) is 13.3. The Balaban J connectivity index is 2.01. The molecule has 0 saturated heterocycles. The monoisotopic (exact) mass is 405 g/mol. The number of aryl methyl sites for hydroxylation is 4. The van der Waals surface area contributed by atoms with Gasteiger partial charge in [-0.25, -0.2) is 0 Å². The number of rotatable bonds is 5. The van der Waals surface area contributed by atoms with E-state index in [1.165, 1.54) is 57.4 Å². The van der Waals surface area contributed by atoms with Crippen LogP contribution in [0.15, 0.2) is 48.8 Å². The van der Waals surface area contributed by atoms with Gasteiger partial charge in [0, 0.05) is 0 Å². The summed E-state index contributed by atoms with van der Waals surface area (Å²) >= 11 is 0. The smallest absolute Gasteiger partial charge is 0.142 e. The molecular weight excluding hydrogens is 371 g/mol. The van der Waals surface area contributed by atoms with E-state index >= 15 is 0 Å². The van der Waals surface area contributed by atoms with E-state index in [9.17, 15) is 0 Å². The molecule has 1 aromatic heterocycles. The Hall–Kier alpha value is -1.92. The molecule has 0 radical (unpaired) electrons. The molecule has 4 rings (SSSR count). The second kappa shape index (κ2) is 7.73. The van der Waals surface area contributed by atoms with Gasteiger partial charge in [-0.3, -0.25) is 4.68 Å². The molecule has 1 aliphatic carbocycles. The SMILES string of the molecule is Cc1cc(C)cc([P+](c2cc(C)cc(C)c2)(c2cnn(C3CCC3)c2)C(C)C)c1. The van der Waals surface area contributed by atoms with Crippen molar-refractivity contribution in [2.24, 2.45) is 0 Å². The molecule has 0 N–H and O–H groups in total. The van der Waals surface area contributed by atoms with E-state index in [0.717, 1.165) is 0 Å². The molecule has 2 aromatic carbocycles. The van der Waals surface area contributed by atoms with E-state index in [0.29, 0.717) is 11.7 Å². The van der Waals surface area contributed by atoms with Crippen LogP contribution < -0.4 is 15.9 Å². The summed E-state index contributed by atoms with van der Waals surface area (Å²) in [6.45, 7) is 13.7. The number of benzene rings is 2. The Morgan fingerprint density at radius 1 is 0.793 bits per heavy atom. The van der Waals surface area contributed by atoms with Gasteiger partial charge in [0.05, 0.1) is 24.1 Å². The lowest BCUT2D eigenvalue weighted by atomic mass is 9.93. The molecule has 152 valence electrons. The minimum absolute atomic E-state index is 0.504. The van der Waals surface area contributed by atoms with Crippen molar-refractivity contribution in [1.82, 2.24) is 9.78 Å². The summed E-state index contributed by atoms with van der Waals surface area (Å²) in [6, 6.07) is 14.9. The summed E-state index contributed by atoms with van der Waals surface area (Å²) in [7, 11) is -1.82. The predicted octanol–water partition coefficient (Wildman–Crippen LogP) is 5.54. The van der Waals surface area contributed by atoms with Gasteiger partial charge in [-0.1, -0.05) is 12.1 Å². The molecule has 1 saturated carbocycles. The molecule has 0 spiro atoms. The highest BCUT2D eigenvalue weighted by Gasteiger charge is 2.50. The fourth-order valence-corrected chi connectivity index (χ4v) is 9.86. The van der Waals surface area contributed by atoms with E-state index in [1.54, 1.807) is 0 Å². The molecule has 1 fully saturated rings. The highest BCUT2D eigenvalue weighted by molar-refractivity contribution is 7.96. The lowest BCUT2D eigenvalue weighted by Gasteiger charge is -2.31. The maximum Gasteiger partial charge on any atom is 0.142 e. The summed E-state index contributed by atoms with van der Waals surface area (Å²) in [6.07, 6.45) is 8.43.